The molecular formula is C10H18N2O4. The summed E-state index contributed by atoms with van der Waals surface area (Å²) in [5.74, 6) is -1.25. The van der Waals surface area contributed by atoms with Crippen molar-refractivity contribution in [2.24, 2.45) is 5.41 Å². The molecule has 0 radical (unpaired) electrons. The number of aliphatic carboxylic acids is 1. The lowest BCUT2D eigenvalue weighted by Crippen LogP contribution is -2.51. The molecule has 2 amide bonds. The highest BCUT2D eigenvalue weighted by molar-refractivity contribution is 5.83. The van der Waals surface area contributed by atoms with Crippen LogP contribution in [0.5, 0.6) is 0 Å². The molecule has 0 aromatic rings. The van der Waals surface area contributed by atoms with E-state index in [1.54, 1.807) is 0 Å². The molecule has 3 unspecified atom stereocenters. The zero-order chi connectivity index (χ0) is 12.5. The first-order valence-corrected chi connectivity index (χ1v) is 5.22. The molecule has 1 saturated carbocycles. The number of aliphatic hydroxyl groups is 1. The highest BCUT2D eigenvalue weighted by Gasteiger charge is 2.46. The van der Waals surface area contributed by atoms with Gasteiger partial charge in [-0.25, -0.2) is 9.59 Å². The van der Waals surface area contributed by atoms with Crippen molar-refractivity contribution in [3.63, 3.8) is 0 Å². The van der Waals surface area contributed by atoms with Crippen LogP contribution in [0.15, 0.2) is 0 Å². The summed E-state index contributed by atoms with van der Waals surface area (Å²) < 4.78 is 0. The summed E-state index contributed by atoms with van der Waals surface area (Å²) >= 11 is 0. The normalized spacial score (nSPS) is 25.4. The second kappa shape index (κ2) is 4.29. The molecule has 0 bridgehead atoms. The highest BCUT2D eigenvalue weighted by Crippen LogP contribution is 2.44. The molecule has 0 aromatic carbocycles. The van der Waals surface area contributed by atoms with Crippen LogP contribution in [-0.2, 0) is 4.79 Å². The monoisotopic (exact) mass is 230 g/mol. The smallest absolute Gasteiger partial charge is 0.328 e. The molecule has 6 heteroatoms. The van der Waals surface area contributed by atoms with Crippen LogP contribution < -0.4 is 10.6 Å². The molecule has 0 heterocycles. The number of hydrogen-bond acceptors (Lipinski definition) is 3. The molecule has 1 rings (SSSR count). The average Bonchev–Trinajstić information content (AvgIpc) is 2.68. The third kappa shape index (κ3) is 3.10. The number of amides is 2. The number of urea groups is 1. The number of carbonyl (C=O) groups excluding carboxylic acids is 1. The van der Waals surface area contributed by atoms with Gasteiger partial charge in [0.1, 0.15) is 0 Å². The van der Waals surface area contributed by atoms with Crippen LogP contribution in [-0.4, -0.2) is 40.4 Å². The number of rotatable bonds is 4. The van der Waals surface area contributed by atoms with Gasteiger partial charge in [0, 0.05) is 6.04 Å². The van der Waals surface area contributed by atoms with Crippen LogP contribution in [0.4, 0.5) is 4.79 Å². The Morgan fingerprint density at radius 1 is 1.44 bits per heavy atom. The lowest BCUT2D eigenvalue weighted by molar-refractivity contribution is -0.141. The van der Waals surface area contributed by atoms with Crippen LogP contribution >= 0.6 is 0 Å². The lowest BCUT2D eigenvalue weighted by Gasteiger charge is -2.17. The van der Waals surface area contributed by atoms with E-state index in [4.69, 9.17) is 10.2 Å². The van der Waals surface area contributed by atoms with Gasteiger partial charge in [-0.2, -0.15) is 0 Å². The second-order valence-electron chi connectivity index (χ2n) is 4.92. The second-order valence-corrected chi connectivity index (χ2v) is 4.92. The van der Waals surface area contributed by atoms with Crippen molar-refractivity contribution in [2.45, 2.75) is 45.4 Å². The fourth-order valence-corrected chi connectivity index (χ4v) is 1.44. The average molecular weight is 230 g/mol. The Kier molecular flexibility index (Phi) is 3.42. The number of aliphatic hydroxyl groups excluding tert-OH is 1. The first-order chi connectivity index (χ1) is 7.24. The van der Waals surface area contributed by atoms with Crippen LogP contribution in [0.2, 0.25) is 0 Å². The van der Waals surface area contributed by atoms with Gasteiger partial charge in [0.15, 0.2) is 6.04 Å². The summed E-state index contributed by atoms with van der Waals surface area (Å²) in [7, 11) is 0. The summed E-state index contributed by atoms with van der Waals surface area (Å²) in [6, 6.07) is -1.75. The van der Waals surface area contributed by atoms with Crippen LogP contribution in [0, 0.1) is 5.41 Å². The largest absolute Gasteiger partial charge is 0.480 e. The summed E-state index contributed by atoms with van der Waals surface area (Å²) in [6.07, 6.45) is -0.247. The van der Waals surface area contributed by atoms with Crippen molar-refractivity contribution < 1.29 is 19.8 Å². The zero-order valence-corrected chi connectivity index (χ0v) is 9.65. The molecule has 3 atom stereocenters. The van der Waals surface area contributed by atoms with Crippen molar-refractivity contribution in [1.82, 2.24) is 10.6 Å². The van der Waals surface area contributed by atoms with E-state index >= 15 is 0 Å². The number of carboxylic acid groups (broad SMARTS) is 1. The predicted molar refractivity (Wildman–Crippen MR) is 57.0 cm³/mol. The molecule has 0 aliphatic heterocycles. The van der Waals surface area contributed by atoms with Crippen molar-refractivity contribution in [2.75, 3.05) is 0 Å². The lowest BCUT2D eigenvalue weighted by atomic mass is 10.2. The molecule has 0 aromatic heterocycles. The van der Waals surface area contributed by atoms with Gasteiger partial charge in [-0.3, -0.25) is 0 Å². The van der Waals surface area contributed by atoms with Gasteiger partial charge in [-0.05, 0) is 18.8 Å². The van der Waals surface area contributed by atoms with E-state index in [0.717, 1.165) is 6.42 Å². The standard InChI is InChI=1S/C10H18N2O4/c1-5(13)7(8(14)15)12-9(16)11-6-4-10(6,2)3/h5-7,13H,4H2,1-3H3,(H,14,15)(H2,11,12,16). The van der Waals surface area contributed by atoms with E-state index in [1.807, 2.05) is 13.8 Å². The van der Waals surface area contributed by atoms with Crippen molar-refractivity contribution in [1.29, 1.82) is 0 Å². The van der Waals surface area contributed by atoms with Gasteiger partial charge in [0.25, 0.3) is 0 Å². The molecule has 92 valence electrons. The van der Waals surface area contributed by atoms with Crippen LogP contribution in [0.25, 0.3) is 0 Å². The molecule has 0 saturated heterocycles. The van der Waals surface area contributed by atoms with Gasteiger partial charge in [-0.15, -0.1) is 0 Å². The van der Waals surface area contributed by atoms with Gasteiger partial charge in [-0.1, -0.05) is 13.8 Å². The number of carboxylic acids is 1. The Morgan fingerprint density at radius 2 is 1.94 bits per heavy atom. The molecule has 1 aliphatic rings. The molecule has 0 spiro atoms. The van der Waals surface area contributed by atoms with E-state index in [0.29, 0.717) is 0 Å². The first-order valence-electron chi connectivity index (χ1n) is 5.22. The Bertz CT molecular complexity index is 301. The van der Waals surface area contributed by atoms with E-state index in [1.165, 1.54) is 6.92 Å². The van der Waals surface area contributed by atoms with E-state index in [-0.39, 0.29) is 11.5 Å². The quantitative estimate of drug-likeness (QED) is 0.542. The summed E-state index contributed by atoms with van der Waals surface area (Å²) in [5, 5.41) is 22.8. The fourth-order valence-electron chi connectivity index (χ4n) is 1.44. The summed E-state index contributed by atoms with van der Waals surface area (Å²) in [5.41, 5.74) is 0.0842. The van der Waals surface area contributed by atoms with Gasteiger partial charge >= 0.3 is 12.0 Å². The maximum absolute atomic E-state index is 11.4. The molecule has 16 heavy (non-hydrogen) atoms. The fraction of sp³-hybridized carbons (Fsp3) is 0.800. The van der Waals surface area contributed by atoms with Gasteiger partial charge in [0.05, 0.1) is 6.10 Å². The van der Waals surface area contributed by atoms with Crippen molar-refractivity contribution in [3.05, 3.63) is 0 Å². The SMILES string of the molecule is CC(O)C(NC(=O)NC1CC1(C)C)C(=O)O. The maximum Gasteiger partial charge on any atom is 0.328 e. The van der Waals surface area contributed by atoms with Gasteiger partial charge < -0.3 is 20.8 Å². The Balaban J connectivity index is 2.41. The number of carbonyl (C=O) groups is 2. The summed E-state index contributed by atoms with van der Waals surface area (Å²) in [6.45, 7) is 5.35. The number of hydrogen-bond donors (Lipinski definition) is 4. The third-order valence-electron chi connectivity index (χ3n) is 2.85. The molecule has 1 aliphatic carbocycles. The minimum absolute atomic E-state index is 0.0796. The Morgan fingerprint density at radius 3 is 2.25 bits per heavy atom. The third-order valence-corrected chi connectivity index (χ3v) is 2.85. The van der Waals surface area contributed by atoms with Crippen LogP contribution in [0.3, 0.4) is 0 Å². The first kappa shape index (κ1) is 12.8. The van der Waals surface area contributed by atoms with Crippen molar-refractivity contribution >= 4 is 12.0 Å². The van der Waals surface area contributed by atoms with E-state index in [2.05, 4.69) is 10.6 Å². The molecular weight excluding hydrogens is 212 g/mol. The zero-order valence-electron chi connectivity index (χ0n) is 9.65. The van der Waals surface area contributed by atoms with Crippen LogP contribution in [0.1, 0.15) is 27.2 Å². The summed E-state index contributed by atoms with van der Waals surface area (Å²) in [4.78, 5) is 22.1. The molecule has 4 N–H and O–H groups in total. The Hall–Kier alpha value is -1.30. The topological polar surface area (TPSA) is 98.7 Å². The van der Waals surface area contributed by atoms with E-state index in [9.17, 15) is 9.59 Å². The molecule has 1 fully saturated rings. The van der Waals surface area contributed by atoms with Crippen molar-refractivity contribution in [3.8, 4) is 0 Å². The Labute approximate surface area is 94.0 Å². The number of nitrogens with one attached hydrogen (secondary N) is 2. The molecule has 6 nitrogen and oxygen atoms in total. The minimum Gasteiger partial charge on any atom is -0.480 e. The minimum atomic E-state index is -1.28. The van der Waals surface area contributed by atoms with Gasteiger partial charge in [0.2, 0.25) is 0 Å². The predicted octanol–water partition coefficient (Wildman–Crippen LogP) is -0.0819. The van der Waals surface area contributed by atoms with E-state index < -0.39 is 24.1 Å². The maximum atomic E-state index is 11.4. The highest BCUT2D eigenvalue weighted by atomic mass is 16.4.